The first-order chi connectivity index (χ1) is 12.3. The molecule has 140 valence electrons. The summed E-state index contributed by atoms with van der Waals surface area (Å²) in [5, 5.41) is 14.3. The Morgan fingerprint density at radius 3 is 2.27 bits per heavy atom. The highest BCUT2D eigenvalue weighted by Crippen LogP contribution is 2.59. The van der Waals surface area contributed by atoms with E-state index in [0.717, 1.165) is 44.9 Å². The molecule has 2 N–H and O–H groups in total. The molecular weight excluding hydrogens is 373 g/mol. The number of halogens is 2. The van der Waals surface area contributed by atoms with Crippen molar-refractivity contribution in [2.75, 3.05) is 5.32 Å². The number of carbonyl (C=O) groups is 2. The average Bonchev–Trinajstić information content (AvgIpc) is 2.92. The van der Waals surface area contributed by atoms with E-state index < -0.39 is 16.9 Å². The van der Waals surface area contributed by atoms with Crippen molar-refractivity contribution in [3.8, 4) is 0 Å². The Hall–Kier alpha value is -1.10. The molecule has 26 heavy (non-hydrogen) atoms. The van der Waals surface area contributed by atoms with Crippen LogP contribution in [-0.2, 0) is 15.2 Å². The highest BCUT2D eigenvalue weighted by Gasteiger charge is 2.55. The predicted octanol–water partition coefficient (Wildman–Crippen LogP) is 4.84. The van der Waals surface area contributed by atoms with Gasteiger partial charge in [-0.05, 0) is 56.1 Å². The fraction of sp³-hybridized carbons (Fsp3) is 0.600. The Kier molecular flexibility index (Phi) is 4.18. The van der Waals surface area contributed by atoms with E-state index in [1.54, 1.807) is 12.1 Å². The molecule has 3 fully saturated rings. The summed E-state index contributed by atoms with van der Waals surface area (Å²) in [4.78, 5) is 25.8. The van der Waals surface area contributed by atoms with Gasteiger partial charge < -0.3 is 10.4 Å². The number of benzene rings is 1. The number of hydrogen-bond acceptors (Lipinski definition) is 3. The summed E-state index contributed by atoms with van der Waals surface area (Å²) in [6, 6.07) is 3.12. The van der Waals surface area contributed by atoms with Gasteiger partial charge in [-0.15, -0.1) is 0 Å². The quantitative estimate of drug-likeness (QED) is 0.765. The predicted molar refractivity (Wildman–Crippen MR) is 101 cm³/mol. The molecular formula is C20H23Cl2NO3. The van der Waals surface area contributed by atoms with Crippen LogP contribution in [0, 0.1) is 10.8 Å². The monoisotopic (exact) mass is 395 g/mol. The zero-order valence-electron chi connectivity index (χ0n) is 14.8. The second-order valence-electron chi connectivity index (χ2n) is 8.33. The fourth-order valence-corrected chi connectivity index (χ4v) is 5.73. The van der Waals surface area contributed by atoms with Crippen LogP contribution in [0.4, 0.5) is 5.69 Å². The van der Waals surface area contributed by atoms with Crippen molar-refractivity contribution in [1.29, 1.82) is 0 Å². The van der Waals surface area contributed by atoms with Crippen LogP contribution >= 0.6 is 23.2 Å². The van der Waals surface area contributed by atoms with Gasteiger partial charge >= 0.3 is 0 Å². The van der Waals surface area contributed by atoms with Crippen molar-refractivity contribution in [3.05, 3.63) is 27.7 Å². The van der Waals surface area contributed by atoms with Crippen LogP contribution in [0.15, 0.2) is 12.1 Å². The molecule has 4 aliphatic rings. The van der Waals surface area contributed by atoms with Crippen molar-refractivity contribution in [1.82, 2.24) is 0 Å². The fourth-order valence-electron chi connectivity index (χ4n) is 5.21. The number of anilines is 1. The Balaban J connectivity index is 1.63. The summed E-state index contributed by atoms with van der Waals surface area (Å²) in [5.74, 6) is -0.648. The first-order valence-corrected chi connectivity index (χ1v) is 10.1. The van der Waals surface area contributed by atoms with Crippen LogP contribution in [0.2, 0.25) is 10.0 Å². The summed E-state index contributed by atoms with van der Waals surface area (Å²) < 4.78 is 0. The zero-order valence-corrected chi connectivity index (χ0v) is 16.3. The maximum atomic E-state index is 13.3. The molecule has 6 heteroatoms. The zero-order chi connectivity index (χ0) is 18.7. The van der Waals surface area contributed by atoms with Crippen LogP contribution in [0.5, 0.6) is 0 Å². The van der Waals surface area contributed by atoms with E-state index in [9.17, 15) is 14.7 Å². The van der Waals surface area contributed by atoms with Crippen molar-refractivity contribution in [2.24, 2.45) is 10.8 Å². The van der Waals surface area contributed by atoms with Gasteiger partial charge in [-0.3, -0.25) is 9.59 Å². The average molecular weight is 396 g/mol. The van der Waals surface area contributed by atoms with E-state index in [4.69, 9.17) is 23.2 Å². The van der Waals surface area contributed by atoms with Crippen LogP contribution in [-0.4, -0.2) is 16.8 Å². The topological polar surface area (TPSA) is 66.4 Å². The number of ketones is 1. The number of carbonyl (C=O) groups excluding carboxylic acids is 2. The minimum atomic E-state index is -1.94. The molecule has 0 spiro atoms. The number of hydrogen-bond donors (Lipinski definition) is 2. The minimum Gasteiger partial charge on any atom is -0.375 e. The number of amides is 1. The van der Waals surface area contributed by atoms with Gasteiger partial charge in [-0.1, -0.05) is 36.5 Å². The van der Waals surface area contributed by atoms with Gasteiger partial charge in [0.2, 0.25) is 0 Å². The Labute approximate surface area is 163 Å². The van der Waals surface area contributed by atoms with Crippen LogP contribution in [0.3, 0.4) is 0 Å². The summed E-state index contributed by atoms with van der Waals surface area (Å²) in [6.45, 7) is 2.23. The van der Waals surface area contributed by atoms with Crippen molar-refractivity contribution in [3.63, 3.8) is 0 Å². The van der Waals surface area contributed by atoms with Gasteiger partial charge in [0.25, 0.3) is 5.91 Å². The summed E-state index contributed by atoms with van der Waals surface area (Å²) in [6.07, 6.45) is 6.65. The summed E-state index contributed by atoms with van der Waals surface area (Å²) in [7, 11) is 0. The van der Waals surface area contributed by atoms with Gasteiger partial charge in [-0.2, -0.15) is 0 Å². The van der Waals surface area contributed by atoms with Gasteiger partial charge in [0, 0.05) is 22.4 Å². The summed E-state index contributed by atoms with van der Waals surface area (Å²) in [5.41, 5.74) is -1.40. The Morgan fingerprint density at radius 1 is 1.12 bits per heavy atom. The number of rotatable bonds is 4. The van der Waals surface area contributed by atoms with Gasteiger partial charge in [0.1, 0.15) is 5.78 Å². The van der Waals surface area contributed by atoms with Gasteiger partial charge in [-0.25, -0.2) is 0 Å². The highest BCUT2D eigenvalue weighted by molar-refractivity contribution is 6.38. The lowest BCUT2D eigenvalue weighted by Crippen LogP contribution is -2.48. The SMILES string of the molecule is CCC12CCC(C(=O)CC3(O)C(=O)Nc4c(Cl)ccc(Cl)c43)(CC1)CC2. The van der Waals surface area contributed by atoms with E-state index in [1.165, 1.54) is 0 Å². The second kappa shape index (κ2) is 5.95. The van der Waals surface area contributed by atoms with Crippen LogP contribution in [0.25, 0.3) is 0 Å². The molecule has 3 aliphatic carbocycles. The third-order valence-corrected chi connectivity index (χ3v) is 7.92. The lowest BCUT2D eigenvalue weighted by molar-refractivity contribution is -0.149. The molecule has 1 aliphatic heterocycles. The molecule has 1 atom stereocenters. The third-order valence-electron chi connectivity index (χ3n) is 7.29. The van der Waals surface area contributed by atoms with Crippen LogP contribution < -0.4 is 5.32 Å². The molecule has 2 bridgehead atoms. The van der Waals surface area contributed by atoms with Gasteiger partial charge in [0.05, 0.1) is 10.7 Å². The van der Waals surface area contributed by atoms with E-state index in [1.807, 2.05) is 0 Å². The standard InChI is InChI=1S/C20H23Cl2NO3/c1-2-18-5-8-19(9-6-18,10-7-18)14(24)11-20(26)15-12(21)3-4-13(22)16(15)23-17(20)25/h3-4,26H,2,5-11H2,1H3,(H,23,25). The Bertz CT molecular complexity index is 782. The molecule has 1 aromatic carbocycles. The summed E-state index contributed by atoms with van der Waals surface area (Å²) >= 11 is 12.4. The molecule has 0 radical (unpaired) electrons. The smallest absolute Gasteiger partial charge is 0.261 e. The number of fused-ring (bicyclic) bond motifs is 4. The number of aliphatic hydroxyl groups is 1. The number of nitrogens with one attached hydrogen (secondary N) is 1. The van der Waals surface area contributed by atoms with Crippen LogP contribution in [0.1, 0.15) is 63.9 Å². The molecule has 0 saturated heterocycles. The molecule has 5 rings (SSSR count). The first kappa shape index (κ1) is 18.3. The van der Waals surface area contributed by atoms with E-state index >= 15 is 0 Å². The maximum absolute atomic E-state index is 13.3. The van der Waals surface area contributed by atoms with Gasteiger partial charge in [0.15, 0.2) is 5.60 Å². The lowest BCUT2D eigenvalue weighted by atomic mass is 9.51. The lowest BCUT2D eigenvalue weighted by Gasteiger charge is -2.53. The van der Waals surface area contributed by atoms with E-state index in [2.05, 4.69) is 12.2 Å². The van der Waals surface area contributed by atoms with Crippen molar-refractivity contribution < 1.29 is 14.7 Å². The third kappa shape index (κ3) is 2.45. The molecule has 4 nitrogen and oxygen atoms in total. The minimum absolute atomic E-state index is 0.0246. The molecule has 1 heterocycles. The maximum Gasteiger partial charge on any atom is 0.261 e. The molecule has 1 aromatic rings. The number of Topliss-reactive ketones (excluding diaryl/α,β-unsaturated/α-hetero) is 1. The Morgan fingerprint density at radius 2 is 1.69 bits per heavy atom. The van der Waals surface area contributed by atoms with Crippen molar-refractivity contribution >= 4 is 40.6 Å². The normalized spacial score (nSPS) is 35.3. The second-order valence-corrected chi connectivity index (χ2v) is 9.14. The molecule has 1 amide bonds. The highest BCUT2D eigenvalue weighted by atomic mass is 35.5. The molecule has 1 unspecified atom stereocenters. The molecule has 0 aromatic heterocycles. The van der Waals surface area contributed by atoms with E-state index in [-0.39, 0.29) is 22.8 Å². The van der Waals surface area contributed by atoms with Crippen molar-refractivity contribution in [2.45, 2.75) is 63.9 Å². The van der Waals surface area contributed by atoms with E-state index in [0.29, 0.717) is 16.1 Å². The molecule has 3 saturated carbocycles. The first-order valence-electron chi connectivity index (χ1n) is 9.31. The largest absolute Gasteiger partial charge is 0.375 e.